The third-order valence-corrected chi connectivity index (χ3v) is 7.50. The van der Waals surface area contributed by atoms with Gasteiger partial charge in [0.25, 0.3) is 0 Å². The van der Waals surface area contributed by atoms with Gasteiger partial charge in [-0.15, -0.1) is 0 Å². The van der Waals surface area contributed by atoms with Crippen LogP contribution in [0, 0.1) is 0 Å². The fraction of sp³-hybridized carbons (Fsp3) is 0.0370. The van der Waals surface area contributed by atoms with E-state index in [0.29, 0.717) is 0 Å². The summed E-state index contributed by atoms with van der Waals surface area (Å²) in [5, 5.41) is 11.7. The fourth-order valence-corrected chi connectivity index (χ4v) is 5.90. The number of rotatable bonds is 5. The Kier molecular flexibility index (Phi) is 5.85. The molecule has 0 amide bonds. The highest BCUT2D eigenvalue weighted by atomic mass is 32.2. The van der Waals surface area contributed by atoms with Crippen molar-refractivity contribution in [3.05, 3.63) is 126 Å². The van der Waals surface area contributed by atoms with E-state index in [2.05, 4.69) is 42.5 Å². The highest BCUT2D eigenvalue weighted by Gasteiger charge is 2.33. The quantitative estimate of drug-likeness (QED) is 0.350. The summed E-state index contributed by atoms with van der Waals surface area (Å²) < 4.78 is 0. The Balaban J connectivity index is 1.68. The van der Waals surface area contributed by atoms with Crippen LogP contribution in [0.25, 0.3) is 4.91 Å². The van der Waals surface area contributed by atoms with Gasteiger partial charge in [0.2, 0.25) is 0 Å². The highest BCUT2D eigenvalue weighted by Crippen LogP contribution is 2.52. The molecule has 4 aromatic carbocycles. The van der Waals surface area contributed by atoms with E-state index in [1.807, 2.05) is 77.7 Å². The molecule has 5 rings (SSSR count). The lowest BCUT2D eigenvalue weighted by Gasteiger charge is -2.38. The zero-order valence-electron chi connectivity index (χ0n) is 16.8. The molecule has 0 radical (unpaired) electrons. The van der Waals surface area contributed by atoms with Gasteiger partial charge in [-0.1, -0.05) is 96.3 Å². The standard InChI is InChI=1S/C27H21NOS2/c29-27-26(31-22-16-8-3-9-17-22)25(30-21-14-6-2-7-15-21)23-18-10-11-19-24(23)28(27)20-12-4-1-5-13-20/h1-19,27,29H. The Morgan fingerprint density at radius 3 is 1.74 bits per heavy atom. The summed E-state index contributed by atoms with van der Waals surface area (Å²) in [6.45, 7) is 0. The number of nitrogens with zero attached hydrogens (tertiary/aromatic N) is 1. The smallest absolute Gasteiger partial charge is 0.164 e. The summed E-state index contributed by atoms with van der Waals surface area (Å²) in [5.74, 6) is 0. The van der Waals surface area contributed by atoms with Gasteiger partial charge in [-0.25, -0.2) is 0 Å². The fourth-order valence-electron chi connectivity index (χ4n) is 3.67. The average molecular weight is 440 g/mol. The van der Waals surface area contributed by atoms with Crippen LogP contribution in [0.5, 0.6) is 0 Å². The SMILES string of the molecule is OC1C(Sc2ccccc2)=C(Sc2ccccc2)c2ccccc2N1c1ccccc1. The van der Waals surface area contributed by atoms with Crippen LogP contribution < -0.4 is 4.90 Å². The molecule has 4 heteroatoms. The van der Waals surface area contributed by atoms with Gasteiger partial charge >= 0.3 is 0 Å². The van der Waals surface area contributed by atoms with Gasteiger partial charge < -0.3 is 10.0 Å². The van der Waals surface area contributed by atoms with E-state index in [1.54, 1.807) is 23.5 Å². The van der Waals surface area contributed by atoms with E-state index in [0.717, 1.165) is 36.5 Å². The van der Waals surface area contributed by atoms with Crippen LogP contribution >= 0.6 is 23.5 Å². The second kappa shape index (κ2) is 9.06. The van der Waals surface area contributed by atoms with E-state index in [9.17, 15) is 5.11 Å². The maximum absolute atomic E-state index is 11.7. The van der Waals surface area contributed by atoms with Crippen molar-refractivity contribution in [1.29, 1.82) is 0 Å². The van der Waals surface area contributed by atoms with Crippen molar-refractivity contribution < 1.29 is 5.11 Å². The molecule has 0 fully saturated rings. The molecule has 0 bridgehead atoms. The van der Waals surface area contributed by atoms with Gasteiger partial charge in [-0.05, 0) is 42.5 Å². The van der Waals surface area contributed by atoms with Gasteiger partial charge in [0.15, 0.2) is 6.23 Å². The first-order valence-electron chi connectivity index (χ1n) is 10.1. The second-order valence-corrected chi connectivity index (χ2v) is 9.32. The van der Waals surface area contributed by atoms with Gasteiger partial charge in [-0.2, -0.15) is 0 Å². The first-order chi connectivity index (χ1) is 15.3. The predicted octanol–water partition coefficient (Wildman–Crippen LogP) is 7.41. The number of benzene rings is 4. The Labute approximate surface area is 191 Å². The molecule has 0 aromatic heterocycles. The summed E-state index contributed by atoms with van der Waals surface area (Å²) in [6.07, 6.45) is -0.784. The number of aliphatic hydroxyl groups is 1. The number of thioether (sulfide) groups is 2. The first kappa shape index (κ1) is 20.0. The average Bonchev–Trinajstić information content (AvgIpc) is 2.83. The van der Waals surface area contributed by atoms with Crippen LogP contribution in [0.3, 0.4) is 0 Å². The van der Waals surface area contributed by atoms with Crippen molar-refractivity contribution in [3.8, 4) is 0 Å². The topological polar surface area (TPSA) is 23.5 Å². The van der Waals surface area contributed by atoms with Crippen LogP contribution in [0.15, 0.2) is 130 Å². The van der Waals surface area contributed by atoms with E-state index in [1.165, 1.54) is 0 Å². The van der Waals surface area contributed by atoms with Crippen molar-refractivity contribution >= 4 is 39.8 Å². The highest BCUT2D eigenvalue weighted by molar-refractivity contribution is 8.11. The Morgan fingerprint density at radius 1 is 0.581 bits per heavy atom. The summed E-state index contributed by atoms with van der Waals surface area (Å²) in [7, 11) is 0. The number of hydrogen-bond acceptors (Lipinski definition) is 4. The van der Waals surface area contributed by atoms with E-state index < -0.39 is 6.23 Å². The van der Waals surface area contributed by atoms with E-state index in [-0.39, 0.29) is 0 Å². The summed E-state index contributed by atoms with van der Waals surface area (Å²) in [5.41, 5.74) is 3.11. The van der Waals surface area contributed by atoms with Crippen molar-refractivity contribution in [1.82, 2.24) is 0 Å². The van der Waals surface area contributed by atoms with Crippen LogP contribution in [0.4, 0.5) is 11.4 Å². The minimum atomic E-state index is -0.784. The monoisotopic (exact) mass is 439 g/mol. The van der Waals surface area contributed by atoms with Crippen molar-refractivity contribution in [2.24, 2.45) is 0 Å². The third-order valence-electron chi connectivity index (χ3n) is 5.08. The number of para-hydroxylation sites is 2. The molecule has 0 saturated carbocycles. The number of fused-ring (bicyclic) bond motifs is 1. The molecule has 0 spiro atoms. The number of aliphatic hydroxyl groups excluding tert-OH is 1. The van der Waals surface area contributed by atoms with Crippen molar-refractivity contribution in [2.75, 3.05) is 4.90 Å². The molecule has 0 aliphatic carbocycles. The minimum absolute atomic E-state index is 0.784. The molecular formula is C27H21NOS2. The Bertz CT molecular complexity index is 1190. The van der Waals surface area contributed by atoms with Gasteiger partial charge in [0.1, 0.15) is 0 Å². The van der Waals surface area contributed by atoms with Crippen LogP contribution in [0.2, 0.25) is 0 Å². The summed E-state index contributed by atoms with van der Waals surface area (Å²) in [6, 6.07) is 39.0. The van der Waals surface area contributed by atoms with E-state index >= 15 is 0 Å². The first-order valence-corrected chi connectivity index (χ1v) is 11.8. The molecular weight excluding hydrogens is 418 g/mol. The molecule has 1 heterocycles. The predicted molar refractivity (Wildman–Crippen MR) is 133 cm³/mol. The molecule has 2 nitrogen and oxygen atoms in total. The lowest BCUT2D eigenvalue weighted by Crippen LogP contribution is -2.35. The maximum Gasteiger partial charge on any atom is 0.164 e. The molecule has 1 aliphatic heterocycles. The second-order valence-electron chi connectivity index (χ2n) is 7.12. The molecule has 1 unspecified atom stereocenters. The molecule has 4 aromatic rings. The third kappa shape index (κ3) is 4.15. The minimum Gasteiger partial charge on any atom is -0.368 e. The Hall–Kier alpha value is -2.92. The van der Waals surface area contributed by atoms with Crippen molar-refractivity contribution in [3.63, 3.8) is 0 Å². The zero-order valence-corrected chi connectivity index (χ0v) is 18.4. The zero-order chi connectivity index (χ0) is 21.0. The lowest BCUT2D eigenvalue weighted by molar-refractivity contribution is 0.225. The van der Waals surface area contributed by atoms with Gasteiger partial charge in [-0.3, -0.25) is 0 Å². The van der Waals surface area contributed by atoms with Gasteiger partial charge in [0, 0.05) is 25.9 Å². The molecule has 0 saturated heterocycles. The largest absolute Gasteiger partial charge is 0.368 e. The molecule has 1 atom stereocenters. The number of hydrogen-bond donors (Lipinski definition) is 1. The van der Waals surface area contributed by atoms with E-state index in [4.69, 9.17) is 0 Å². The van der Waals surface area contributed by atoms with Crippen molar-refractivity contribution in [2.45, 2.75) is 16.0 Å². The summed E-state index contributed by atoms with van der Waals surface area (Å²) >= 11 is 3.34. The normalized spacial score (nSPS) is 15.6. The Morgan fingerprint density at radius 2 is 1.10 bits per heavy atom. The van der Waals surface area contributed by atoms with Crippen LogP contribution in [-0.2, 0) is 0 Å². The molecule has 152 valence electrons. The summed E-state index contributed by atoms with van der Waals surface area (Å²) in [4.78, 5) is 6.31. The van der Waals surface area contributed by atoms with Gasteiger partial charge in [0.05, 0.1) is 10.6 Å². The van der Waals surface area contributed by atoms with Crippen LogP contribution in [-0.4, -0.2) is 11.3 Å². The van der Waals surface area contributed by atoms with Crippen LogP contribution in [0.1, 0.15) is 5.56 Å². The molecule has 1 aliphatic rings. The molecule has 1 N–H and O–H groups in total. The maximum atomic E-state index is 11.7. The lowest BCUT2D eigenvalue weighted by atomic mass is 10.1. The number of anilines is 2. The molecule has 31 heavy (non-hydrogen) atoms.